The standard InChI is InChI=1S/C19H22N8O/c1-27(2)17-7-6-14(11-23-17)18(28)26-15-12-24-19(25-13-15)22-10-9-21-16-5-3-4-8-20-16/h3-8,11-13H,9-10H2,1-2H3,(H,20,21)(H,26,28)(H,22,24,25). The fourth-order valence-corrected chi connectivity index (χ4v) is 2.30. The highest BCUT2D eigenvalue weighted by atomic mass is 16.1. The minimum Gasteiger partial charge on any atom is -0.368 e. The molecule has 0 bridgehead atoms. The van der Waals surface area contributed by atoms with Crippen LogP contribution in [0.3, 0.4) is 0 Å². The summed E-state index contributed by atoms with van der Waals surface area (Å²) in [6.45, 7) is 1.31. The molecule has 0 aliphatic rings. The molecule has 0 spiro atoms. The molecule has 3 rings (SSSR count). The summed E-state index contributed by atoms with van der Waals surface area (Å²) in [4.78, 5) is 31.0. The molecule has 0 saturated carbocycles. The van der Waals surface area contributed by atoms with E-state index < -0.39 is 0 Å². The van der Waals surface area contributed by atoms with Crippen LogP contribution < -0.4 is 20.9 Å². The topological polar surface area (TPSA) is 108 Å². The predicted octanol–water partition coefficient (Wildman–Crippen LogP) is 2.11. The number of anilines is 4. The third kappa shape index (κ3) is 5.37. The van der Waals surface area contributed by atoms with E-state index in [9.17, 15) is 4.79 Å². The van der Waals surface area contributed by atoms with Crippen molar-refractivity contribution >= 4 is 29.2 Å². The first-order valence-corrected chi connectivity index (χ1v) is 8.77. The van der Waals surface area contributed by atoms with E-state index >= 15 is 0 Å². The van der Waals surface area contributed by atoms with Gasteiger partial charge in [-0.05, 0) is 24.3 Å². The molecule has 9 heteroatoms. The first-order valence-electron chi connectivity index (χ1n) is 8.77. The van der Waals surface area contributed by atoms with E-state index in [0.29, 0.717) is 30.3 Å². The van der Waals surface area contributed by atoms with Gasteiger partial charge in [0.15, 0.2) is 0 Å². The number of hydrogen-bond acceptors (Lipinski definition) is 8. The summed E-state index contributed by atoms with van der Waals surface area (Å²) in [5, 5.41) is 9.05. The van der Waals surface area contributed by atoms with Crippen LogP contribution in [-0.4, -0.2) is 53.0 Å². The minimum absolute atomic E-state index is 0.262. The lowest BCUT2D eigenvalue weighted by Gasteiger charge is -2.11. The summed E-state index contributed by atoms with van der Waals surface area (Å²) in [6.07, 6.45) is 6.39. The Hall–Kier alpha value is -3.75. The third-order valence-electron chi connectivity index (χ3n) is 3.76. The first kappa shape index (κ1) is 19.0. The average molecular weight is 378 g/mol. The summed E-state index contributed by atoms with van der Waals surface area (Å²) >= 11 is 0. The Morgan fingerprint density at radius 3 is 2.36 bits per heavy atom. The summed E-state index contributed by atoms with van der Waals surface area (Å²) in [6, 6.07) is 9.20. The van der Waals surface area contributed by atoms with Crippen molar-refractivity contribution in [3.05, 3.63) is 60.7 Å². The number of carbonyl (C=O) groups is 1. The van der Waals surface area contributed by atoms with E-state index in [1.165, 1.54) is 6.20 Å². The molecule has 0 aromatic carbocycles. The van der Waals surface area contributed by atoms with Gasteiger partial charge in [-0.2, -0.15) is 0 Å². The van der Waals surface area contributed by atoms with Gasteiger partial charge in [-0.1, -0.05) is 6.07 Å². The number of carbonyl (C=O) groups excluding carboxylic acids is 1. The molecular formula is C19H22N8O. The van der Waals surface area contributed by atoms with Crippen molar-refractivity contribution in [3.63, 3.8) is 0 Å². The van der Waals surface area contributed by atoms with Crippen LogP contribution >= 0.6 is 0 Å². The quantitative estimate of drug-likeness (QED) is 0.512. The fourth-order valence-electron chi connectivity index (χ4n) is 2.30. The highest BCUT2D eigenvalue weighted by Gasteiger charge is 2.08. The average Bonchev–Trinajstić information content (AvgIpc) is 2.73. The number of pyridine rings is 2. The monoisotopic (exact) mass is 378 g/mol. The number of amides is 1. The van der Waals surface area contributed by atoms with Crippen molar-refractivity contribution in [1.82, 2.24) is 19.9 Å². The lowest BCUT2D eigenvalue weighted by Crippen LogP contribution is -2.16. The first-order chi connectivity index (χ1) is 13.6. The Morgan fingerprint density at radius 2 is 1.71 bits per heavy atom. The zero-order valence-corrected chi connectivity index (χ0v) is 15.8. The van der Waals surface area contributed by atoms with Crippen molar-refractivity contribution in [2.24, 2.45) is 0 Å². The summed E-state index contributed by atoms with van der Waals surface area (Å²) in [7, 11) is 3.78. The maximum atomic E-state index is 12.3. The van der Waals surface area contributed by atoms with Gasteiger partial charge in [-0.3, -0.25) is 4.79 Å². The molecule has 3 aromatic rings. The van der Waals surface area contributed by atoms with Crippen LogP contribution in [0.4, 0.5) is 23.3 Å². The van der Waals surface area contributed by atoms with Crippen LogP contribution in [0.5, 0.6) is 0 Å². The van der Waals surface area contributed by atoms with E-state index in [0.717, 1.165) is 11.6 Å². The third-order valence-corrected chi connectivity index (χ3v) is 3.76. The maximum Gasteiger partial charge on any atom is 0.257 e. The molecule has 0 aliphatic heterocycles. The van der Waals surface area contributed by atoms with Crippen molar-refractivity contribution < 1.29 is 4.79 Å². The predicted molar refractivity (Wildman–Crippen MR) is 110 cm³/mol. The summed E-state index contributed by atoms with van der Waals surface area (Å²) < 4.78 is 0. The number of nitrogens with one attached hydrogen (secondary N) is 3. The molecule has 9 nitrogen and oxygen atoms in total. The normalized spacial score (nSPS) is 10.2. The number of hydrogen-bond donors (Lipinski definition) is 3. The largest absolute Gasteiger partial charge is 0.368 e. The van der Waals surface area contributed by atoms with Crippen molar-refractivity contribution in [1.29, 1.82) is 0 Å². The second-order valence-corrected chi connectivity index (χ2v) is 6.12. The second-order valence-electron chi connectivity index (χ2n) is 6.12. The smallest absolute Gasteiger partial charge is 0.257 e. The maximum absolute atomic E-state index is 12.3. The van der Waals surface area contributed by atoms with Gasteiger partial charge in [0.05, 0.1) is 23.6 Å². The van der Waals surface area contributed by atoms with Crippen LogP contribution in [-0.2, 0) is 0 Å². The van der Waals surface area contributed by atoms with Crippen molar-refractivity contribution in [2.45, 2.75) is 0 Å². The minimum atomic E-state index is -0.262. The molecule has 144 valence electrons. The molecule has 0 fully saturated rings. The van der Waals surface area contributed by atoms with Crippen molar-refractivity contribution in [2.75, 3.05) is 48.0 Å². The van der Waals surface area contributed by atoms with Crippen LogP contribution in [0, 0.1) is 0 Å². The van der Waals surface area contributed by atoms with E-state index in [1.807, 2.05) is 37.2 Å². The lowest BCUT2D eigenvalue weighted by molar-refractivity contribution is 0.102. The molecule has 3 N–H and O–H groups in total. The molecular weight excluding hydrogens is 356 g/mol. The SMILES string of the molecule is CN(C)c1ccc(C(=O)Nc2cnc(NCCNc3ccccn3)nc2)cn1. The molecule has 1 amide bonds. The molecule has 0 aliphatic carbocycles. The highest BCUT2D eigenvalue weighted by molar-refractivity contribution is 6.04. The van der Waals surface area contributed by atoms with Gasteiger partial charge in [0.2, 0.25) is 5.95 Å². The lowest BCUT2D eigenvalue weighted by atomic mass is 10.2. The molecule has 28 heavy (non-hydrogen) atoms. The van der Waals surface area contributed by atoms with E-state index in [-0.39, 0.29) is 5.91 Å². The van der Waals surface area contributed by atoms with Gasteiger partial charge in [-0.15, -0.1) is 0 Å². The van der Waals surface area contributed by atoms with Gasteiger partial charge in [0.25, 0.3) is 5.91 Å². The van der Waals surface area contributed by atoms with Crippen LogP contribution in [0.15, 0.2) is 55.1 Å². The van der Waals surface area contributed by atoms with Crippen molar-refractivity contribution in [3.8, 4) is 0 Å². The Morgan fingerprint density at radius 1 is 0.929 bits per heavy atom. The Bertz CT molecular complexity index is 882. The van der Waals surface area contributed by atoms with Gasteiger partial charge in [0.1, 0.15) is 11.6 Å². The molecule has 3 heterocycles. The van der Waals surface area contributed by atoms with Gasteiger partial charge >= 0.3 is 0 Å². The molecule has 0 atom stereocenters. The number of rotatable bonds is 8. The van der Waals surface area contributed by atoms with E-state index in [1.54, 1.807) is 30.7 Å². The van der Waals surface area contributed by atoms with Gasteiger partial charge in [-0.25, -0.2) is 19.9 Å². The summed E-state index contributed by atoms with van der Waals surface area (Å²) in [5.41, 5.74) is 0.979. The Kier molecular flexibility index (Phi) is 6.29. The van der Waals surface area contributed by atoms with E-state index in [2.05, 4.69) is 35.9 Å². The van der Waals surface area contributed by atoms with Gasteiger partial charge in [0, 0.05) is 39.6 Å². The highest BCUT2D eigenvalue weighted by Crippen LogP contribution is 2.11. The number of aromatic nitrogens is 4. The zero-order chi connectivity index (χ0) is 19.8. The molecule has 0 unspecified atom stereocenters. The molecule has 0 radical (unpaired) electrons. The Labute approximate surface area is 163 Å². The van der Waals surface area contributed by atoms with E-state index in [4.69, 9.17) is 0 Å². The molecule has 0 saturated heterocycles. The Balaban J connectivity index is 1.46. The number of nitrogens with zero attached hydrogens (tertiary/aromatic N) is 5. The van der Waals surface area contributed by atoms with Crippen LogP contribution in [0.1, 0.15) is 10.4 Å². The van der Waals surface area contributed by atoms with Crippen LogP contribution in [0.2, 0.25) is 0 Å². The van der Waals surface area contributed by atoms with Gasteiger partial charge < -0.3 is 20.9 Å². The summed E-state index contributed by atoms with van der Waals surface area (Å²) in [5.74, 6) is 1.82. The molecule has 3 aromatic heterocycles. The fraction of sp³-hybridized carbons (Fsp3) is 0.211. The second kappa shape index (κ2) is 9.26. The zero-order valence-electron chi connectivity index (χ0n) is 15.8. The van der Waals surface area contributed by atoms with Crippen LogP contribution in [0.25, 0.3) is 0 Å².